The van der Waals surface area contributed by atoms with Crippen molar-refractivity contribution < 1.29 is 0 Å². The zero-order valence-corrected chi connectivity index (χ0v) is 12.6. The third kappa shape index (κ3) is 3.94. The van der Waals surface area contributed by atoms with Crippen LogP contribution in [0.1, 0.15) is 44.9 Å². The molecule has 1 aliphatic carbocycles. The molecule has 4 heteroatoms. The van der Waals surface area contributed by atoms with Crippen LogP contribution in [0, 0.1) is 0 Å². The molecule has 2 rings (SSSR count). The highest BCUT2D eigenvalue weighted by molar-refractivity contribution is 6.41. The van der Waals surface area contributed by atoms with Gasteiger partial charge in [-0.2, -0.15) is 0 Å². The fourth-order valence-electron chi connectivity index (χ4n) is 2.48. The van der Waals surface area contributed by atoms with E-state index < -0.39 is 0 Å². The average molecular weight is 307 g/mol. The van der Waals surface area contributed by atoms with Gasteiger partial charge in [0.1, 0.15) is 0 Å². The van der Waals surface area contributed by atoms with E-state index in [1.807, 2.05) is 0 Å². The summed E-state index contributed by atoms with van der Waals surface area (Å²) in [5, 5.41) is 5.28. The highest BCUT2D eigenvalue weighted by Crippen LogP contribution is 2.35. The maximum absolute atomic E-state index is 6.20. The summed E-state index contributed by atoms with van der Waals surface area (Å²) in [5.41, 5.74) is 0.827. The van der Waals surface area contributed by atoms with Gasteiger partial charge in [0.2, 0.25) is 0 Å². The maximum atomic E-state index is 6.20. The topological polar surface area (TPSA) is 12.0 Å². The van der Waals surface area contributed by atoms with Crippen molar-refractivity contribution in [3.05, 3.63) is 27.2 Å². The van der Waals surface area contributed by atoms with E-state index in [-0.39, 0.29) is 0 Å². The van der Waals surface area contributed by atoms with Crippen LogP contribution >= 0.6 is 34.8 Å². The van der Waals surface area contributed by atoms with Crippen molar-refractivity contribution in [3.63, 3.8) is 0 Å². The number of halogens is 3. The van der Waals surface area contributed by atoms with E-state index in [0.29, 0.717) is 21.1 Å². The number of benzene rings is 1. The van der Waals surface area contributed by atoms with E-state index in [0.717, 1.165) is 5.69 Å². The first-order valence-electron chi connectivity index (χ1n) is 6.58. The first-order valence-corrected chi connectivity index (χ1v) is 7.71. The second-order valence-corrected chi connectivity index (χ2v) is 6.18. The SMILES string of the molecule is Clc1cc(Cl)c(NC2CCCCCCC2)c(Cl)c1. The third-order valence-corrected chi connectivity index (χ3v) is 4.27. The standard InChI is InChI=1S/C14H18Cl3N/c15-10-8-12(16)14(13(17)9-10)18-11-6-4-2-1-3-5-7-11/h8-9,11,18H,1-7H2. The number of rotatable bonds is 2. The fourth-order valence-corrected chi connectivity index (χ4v) is 3.41. The number of anilines is 1. The molecule has 100 valence electrons. The Bertz CT molecular complexity index is 375. The third-order valence-electron chi connectivity index (χ3n) is 3.46. The monoisotopic (exact) mass is 305 g/mol. The van der Waals surface area contributed by atoms with Crippen LogP contribution in [0.2, 0.25) is 15.1 Å². The van der Waals surface area contributed by atoms with Gasteiger partial charge in [-0.15, -0.1) is 0 Å². The lowest BCUT2D eigenvalue weighted by molar-refractivity contribution is 0.471. The van der Waals surface area contributed by atoms with Crippen LogP contribution in [0.4, 0.5) is 5.69 Å². The Balaban J connectivity index is 2.07. The summed E-state index contributed by atoms with van der Waals surface area (Å²) < 4.78 is 0. The normalized spacial score (nSPS) is 18.2. The predicted octanol–water partition coefficient (Wildman–Crippen LogP) is 6.17. The Kier molecular flexibility index (Phi) is 5.47. The molecule has 0 spiro atoms. The summed E-state index contributed by atoms with van der Waals surface area (Å²) in [4.78, 5) is 0. The van der Waals surface area contributed by atoms with Crippen molar-refractivity contribution in [2.75, 3.05) is 5.32 Å². The average Bonchev–Trinajstić information content (AvgIpc) is 2.25. The lowest BCUT2D eigenvalue weighted by atomic mass is 9.96. The second kappa shape index (κ2) is 6.88. The second-order valence-electron chi connectivity index (χ2n) is 4.93. The van der Waals surface area contributed by atoms with Crippen LogP contribution in [0.5, 0.6) is 0 Å². The lowest BCUT2D eigenvalue weighted by Gasteiger charge is -2.23. The molecular formula is C14H18Cl3N. The van der Waals surface area contributed by atoms with Gasteiger partial charge in [-0.3, -0.25) is 0 Å². The summed E-state index contributed by atoms with van der Waals surface area (Å²) in [6.45, 7) is 0. The van der Waals surface area contributed by atoms with Crippen molar-refractivity contribution in [2.45, 2.75) is 51.0 Å². The van der Waals surface area contributed by atoms with Crippen LogP contribution < -0.4 is 5.32 Å². The Morgan fingerprint density at radius 2 is 1.33 bits per heavy atom. The minimum Gasteiger partial charge on any atom is -0.380 e. The Morgan fingerprint density at radius 1 is 0.833 bits per heavy atom. The van der Waals surface area contributed by atoms with Crippen molar-refractivity contribution in [1.82, 2.24) is 0 Å². The highest BCUT2D eigenvalue weighted by atomic mass is 35.5. The van der Waals surface area contributed by atoms with Gasteiger partial charge in [0, 0.05) is 11.1 Å². The predicted molar refractivity (Wildman–Crippen MR) is 81.2 cm³/mol. The lowest BCUT2D eigenvalue weighted by Crippen LogP contribution is -2.21. The van der Waals surface area contributed by atoms with Gasteiger partial charge in [0.15, 0.2) is 0 Å². The van der Waals surface area contributed by atoms with Crippen LogP contribution in [0.3, 0.4) is 0 Å². The molecule has 0 heterocycles. The Labute approximate surface area is 124 Å². The van der Waals surface area contributed by atoms with Crippen LogP contribution in [0.25, 0.3) is 0 Å². The molecule has 1 aromatic carbocycles. The number of hydrogen-bond donors (Lipinski definition) is 1. The number of hydrogen-bond acceptors (Lipinski definition) is 1. The molecule has 0 radical (unpaired) electrons. The van der Waals surface area contributed by atoms with Gasteiger partial charge in [-0.05, 0) is 25.0 Å². The molecule has 1 aromatic rings. The van der Waals surface area contributed by atoms with Crippen molar-refractivity contribution in [2.24, 2.45) is 0 Å². The molecule has 0 bridgehead atoms. The van der Waals surface area contributed by atoms with Crippen LogP contribution in [-0.2, 0) is 0 Å². The van der Waals surface area contributed by atoms with Crippen molar-refractivity contribution in [1.29, 1.82) is 0 Å². The zero-order valence-electron chi connectivity index (χ0n) is 10.3. The largest absolute Gasteiger partial charge is 0.380 e. The van der Waals surface area contributed by atoms with Crippen molar-refractivity contribution in [3.8, 4) is 0 Å². The van der Waals surface area contributed by atoms with Gasteiger partial charge >= 0.3 is 0 Å². The van der Waals surface area contributed by atoms with Gasteiger partial charge < -0.3 is 5.32 Å². The number of nitrogens with one attached hydrogen (secondary N) is 1. The molecule has 1 fully saturated rings. The molecule has 0 aliphatic heterocycles. The molecule has 1 aliphatic rings. The molecular weight excluding hydrogens is 289 g/mol. The van der Waals surface area contributed by atoms with E-state index in [4.69, 9.17) is 34.8 Å². The molecule has 0 saturated heterocycles. The van der Waals surface area contributed by atoms with Crippen LogP contribution in [0.15, 0.2) is 12.1 Å². The molecule has 18 heavy (non-hydrogen) atoms. The van der Waals surface area contributed by atoms with Crippen molar-refractivity contribution >= 4 is 40.5 Å². The molecule has 1 nitrogen and oxygen atoms in total. The van der Waals surface area contributed by atoms with Gasteiger partial charge in [0.25, 0.3) is 0 Å². The fraction of sp³-hybridized carbons (Fsp3) is 0.571. The van der Waals surface area contributed by atoms with Gasteiger partial charge in [-0.1, -0.05) is 66.9 Å². The zero-order chi connectivity index (χ0) is 13.0. The van der Waals surface area contributed by atoms with E-state index in [9.17, 15) is 0 Å². The quantitative estimate of drug-likeness (QED) is 0.688. The highest BCUT2D eigenvalue weighted by Gasteiger charge is 2.15. The Morgan fingerprint density at radius 3 is 1.89 bits per heavy atom. The Hall–Kier alpha value is -0.110. The molecule has 0 atom stereocenters. The van der Waals surface area contributed by atoms with Crippen LogP contribution in [-0.4, -0.2) is 6.04 Å². The summed E-state index contributed by atoms with van der Waals surface area (Å²) in [6.07, 6.45) is 8.97. The summed E-state index contributed by atoms with van der Waals surface area (Å²) in [5.74, 6) is 0. The van der Waals surface area contributed by atoms with Gasteiger partial charge in [-0.25, -0.2) is 0 Å². The summed E-state index contributed by atoms with van der Waals surface area (Å²) >= 11 is 18.3. The molecule has 0 unspecified atom stereocenters. The van der Waals surface area contributed by atoms with E-state index in [1.165, 1.54) is 44.9 Å². The summed E-state index contributed by atoms with van der Waals surface area (Å²) in [6, 6.07) is 3.95. The smallest absolute Gasteiger partial charge is 0.0722 e. The minimum absolute atomic E-state index is 0.474. The molecule has 0 aromatic heterocycles. The van der Waals surface area contributed by atoms with E-state index >= 15 is 0 Å². The summed E-state index contributed by atoms with van der Waals surface area (Å²) in [7, 11) is 0. The molecule has 1 saturated carbocycles. The first kappa shape index (κ1) is 14.3. The van der Waals surface area contributed by atoms with Gasteiger partial charge in [0.05, 0.1) is 15.7 Å². The minimum atomic E-state index is 0.474. The molecule has 1 N–H and O–H groups in total. The maximum Gasteiger partial charge on any atom is 0.0722 e. The van der Waals surface area contributed by atoms with E-state index in [1.54, 1.807) is 12.1 Å². The first-order chi connectivity index (χ1) is 8.66. The van der Waals surface area contributed by atoms with E-state index in [2.05, 4.69) is 5.32 Å². The molecule has 0 amide bonds.